The molecule has 0 aliphatic carbocycles. The average molecular weight is 256 g/mol. The molecule has 106 valence electrons. The lowest BCUT2D eigenvalue weighted by Gasteiger charge is -2.24. The Kier molecular flexibility index (Phi) is 6.41. The highest BCUT2D eigenvalue weighted by Gasteiger charge is 2.17. The van der Waals surface area contributed by atoms with E-state index in [1.54, 1.807) is 0 Å². The molecule has 18 heavy (non-hydrogen) atoms. The largest absolute Gasteiger partial charge is 0.378 e. The molecule has 1 atom stereocenters. The molecule has 0 aromatic heterocycles. The van der Waals surface area contributed by atoms with Crippen molar-refractivity contribution in [1.82, 2.24) is 10.2 Å². The Morgan fingerprint density at radius 1 is 1.28 bits per heavy atom. The summed E-state index contributed by atoms with van der Waals surface area (Å²) in [5.74, 6) is 0. The molecule has 0 bridgehead atoms. The number of ether oxygens (including phenoxy) is 2. The van der Waals surface area contributed by atoms with Crippen molar-refractivity contribution in [2.24, 2.45) is 0 Å². The van der Waals surface area contributed by atoms with Crippen LogP contribution in [0, 0.1) is 0 Å². The van der Waals surface area contributed by atoms with Crippen LogP contribution in [-0.2, 0) is 9.47 Å². The van der Waals surface area contributed by atoms with Gasteiger partial charge in [0.1, 0.15) is 0 Å². The fourth-order valence-corrected chi connectivity index (χ4v) is 2.77. The lowest BCUT2D eigenvalue weighted by atomic mass is 10.1. The molecule has 2 rings (SSSR count). The monoisotopic (exact) mass is 256 g/mol. The summed E-state index contributed by atoms with van der Waals surface area (Å²) in [6, 6.07) is 0. The highest BCUT2D eigenvalue weighted by molar-refractivity contribution is 4.70. The highest BCUT2D eigenvalue weighted by Crippen LogP contribution is 2.13. The molecule has 0 radical (unpaired) electrons. The molecule has 0 aromatic rings. The van der Waals surface area contributed by atoms with Crippen molar-refractivity contribution < 1.29 is 9.47 Å². The average Bonchev–Trinajstić information content (AvgIpc) is 2.89. The van der Waals surface area contributed by atoms with Crippen molar-refractivity contribution in [3.63, 3.8) is 0 Å². The molecule has 4 heteroatoms. The number of hydrogen-bond donors (Lipinski definition) is 1. The van der Waals surface area contributed by atoms with Gasteiger partial charge in [-0.3, -0.25) is 0 Å². The molecule has 0 aromatic carbocycles. The summed E-state index contributed by atoms with van der Waals surface area (Å²) in [5.41, 5.74) is 0. The first-order chi connectivity index (χ1) is 8.84. The molecule has 2 fully saturated rings. The van der Waals surface area contributed by atoms with Crippen molar-refractivity contribution in [2.45, 2.75) is 44.3 Å². The quantitative estimate of drug-likeness (QED) is 0.695. The van der Waals surface area contributed by atoms with Gasteiger partial charge < -0.3 is 19.7 Å². The molecule has 2 saturated heterocycles. The summed E-state index contributed by atoms with van der Waals surface area (Å²) in [6.07, 6.45) is 6.91. The first kappa shape index (κ1) is 14.3. The van der Waals surface area contributed by atoms with E-state index in [-0.39, 0.29) is 0 Å². The zero-order valence-electron chi connectivity index (χ0n) is 11.7. The molecular formula is C14H28N2O2. The summed E-state index contributed by atoms with van der Waals surface area (Å²) in [4.78, 5) is 2.38. The van der Waals surface area contributed by atoms with Gasteiger partial charge in [0.05, 0.1) is 12.2 Å². The molecule has 2 heterocycles. The Morgan fingerprint density at radius 2 is 2.11 bits per heavy atom. The van der Waals surface area contributed by atoms with Crippen LogP contribution in [-0.4, -0.2) is 63.5 Å². The number of hydrogen-bond acceptors (Lipinski definition) is 4. The van der Waals surface area contributed by atoms with E-state index in [1.165, 1.54) is 25.7 Å². The first-order valence-electron chi connectivity index (χ1n) is 7.47. The van der Waals surface area contributed by atoms with E-state index in [0.717, 1.165) is 45.8 Å². The maximum absolute atomic E-state index is 5.91. The van der Waals surface area contributed by atoms with E-state index < -0.39 is 0 Å². The van der Waals surface area contributed by atoms with Gasteiger partial charge in [0.25, 0.3) is 0 Å². The Hall–Kier alpha value is -0.160. The number of nitrogens with one attached hydrogen (secondary N) is 1. The standard InChI is InChI=1S/C14H28N2O2/c1-16(12-14-4-2-10-18-14)9-3-11-17-13-5-7-15-8-6-13/h13-15H,2-12H2,1H3. The molecular weight excluding hydrogens is 228 g/mol. The van der Waals surface area contributed by atoms with Crippen LogP contribution in [0.5, 0.6) is 0 Å². The van der Waals surface area contributed by atoms with E-state index in [0.29, 0.717) is 12.2 Å². The third-order valence-corrected chi connectivity index (χ3v) is 3.86. The second kappa shape index (κ2) is 8.10. The smallest absolute Gasteiger partial charge is 0.0702 e. The Morgan fingerprint density at radius 3 is 2.83 bits per heavy atom. The SMILES string of the molecule is CN(CCCOC1CCNCC1)CC1CCCO1. The second-order valence-electron chi connectivity index (χ2n) is 5.57. The van der Waals surface area contributed by atoms with Crippen molar-refractivity contribution >= 4 is 0 Å². The lowest BCUT2D eigenvalue weighted by Crippen LogP contribution is -2.33. The van der Waals surface area contributed by atoms with Crippen LogP contribution in [0.25, 0.3) is 0 Å². The molecule has 1 unspecified atom stereocenters. The molecule has 0 spiro atoms. The minimum atomic E-state index is 0.473. The van der Waals surface area contributed by atoms with Crippen molar-refractivity contribution in [1.29, 1.82) is 0 Å². The molecule has 0 saturated carbocycles. The number of likely N-dealkylation sites (N-methyl/N-ethyl adjacent to an activating group) is 1. The predicted molar refractivity (Wildman–Crippen MR) is 72.9 cm³/mol. The van der Waals surface area contributed by atoms with Gasteiger partial charge in [-0.2, -0.15) is 0 Å². The third-order valence-electron chi connectivity index (χ3n) is 3.86. The van der Waals surface area contributed by atoms with E-state index in [1.807, 2.05) is 0 Å². The maximum Gasteiger partial charge on any atom is 0.0702 e. The van der Waals surface area contributed by atoms with Gasteiger partial charge in [-0.05, 0) is 52.2 Å². The zero-order valence-corrected chi connectivity index (χ0v) is 11.7. The van der Waals surface area contributed by atoms with Gasteiger partial charge in [0.2, 0.25) is 0 Å². The Labute approximate surface area is 111 Å². The van der Waals surface area contributed by atoms with Gasteiger partial charge in [0, 0.05) is 26.3 Å². The second-order valence-corrected chi connectivity index (χ2v) is 5.57. The predicted octanol–water partition coefficient (Wildman–Crippen LogP) is 1.26. The summed E-state index contributed by atoms with van der Waals surface area (Å²) >= 11 is 0. The zero-order chi connectivity index (χ0) is 12.6. The number of piperidine rings is 1. The minimum Gasteiger partial charge on any atom is -0.378 e. The number of rotatable bonds is 7. The fraction of sp³-hybridized carbons (Fsp3) is 1.00. The highest BCUT2D eigenvalue weighted by atomic mass is 16.5. The van der Waals surface area contributed by atoms with Crippen molar-refractivity contribution in [3.05, 3.63) is 0 Å². The van der Waals surface area contributed by atoms with Crippen LogP contribution in [0.4, 0.5) is 0 Å². The lowest BCUT2D eigenvalue weighted by molar-refractivity contribution is 0.0256. The Balaban J connectivity index is 1.46. The van der Waals surface area contributed by atoms with Gasteiger partial charge >= 0.3 is 0 Å². The summed E-state index contributed by atoms with van der Waals surface area (Å²) < 4.78 is 11.6. The van der Waals surface area contributed by atoms with Gasteiger partial charge in [-0.25, -0.2) is 0 Å². The van der Waals surface area contributed by atoms with Gasteiger partial charge in [-0.1, -0.05) is 0 Å². The fourth-order valence-electron chi connectivity index (χ4n) is 2.77. The van der Waals surface area contributed by atoms with Gasteiger partial charge in [-0.15, -0.1) is 0 Å². The third kappa shape index (κ3) is 5.22. The molecule has 4 nitrogen and oxygen atoms in total. The summed E-state index contributed by atoms with van der Waals surface area (Å²) in [5, 5.41) is 3.36. The van der Waals surface area contributed by atoms with Crippen LogP contribution in [0.1, 0.15) is 32.1 Å². The van der Waals surface area contributed by atoms with Crippen LogP contribution in [0.2, 0.25) is 0 Å². The molecule has 2 aliphatic heterocycles. The van der Waals surface area contributed by atoms with Crippen molar-refractivity contribution in [3.8, 4) is 0 Å². The molecule has 1 N–H and O–H groups in total. The normalized spacial score (nSPS) is 26.0. The summed E-state index contributed by atoms with van der Waals surface area (Å²) in [7, 11) is 2.19. The molecule has 0 amide bonds. The maximum atomic E-state index is 5.91. The van der Waals surface area contributed by atoms with E-state index in [9.17, 15) is 0 Å². The van der Waals surface area contributed by atoms with Gasteiger partial charge in [0.15, 0.2) is 0 Å². The summed E-state index contributed by atoms with van der Waals surface area (Å²) in [6.45, 7) is 6.28. The van der Waals surface area contributed by atoms with Crippen molar-refractivity contribution in [2.75, 3.05) is 46.4 Å². The first-order valence-corrected chi connectivity index (χ1v) is 7.47. The van der Waals surface area contributed by atoms with E-state index in [4.69, 9.17) is 9.47 Å². The van der Waals surface area contributed by atoms with Crippen LogP contribution >= 0.6 is 0 Å². The Bertz CT molecular complexity index is 214. The van der Waals surface area contributed by atoms with Crippen LogP contribution in [0.3, 0.4) is 0 Å². The topological polar surface area (TPSA) is 33.7 Å². The molecule has 2 aliphatic rings. The number of nitrogens with zero attached hydrogens (tertiary/aromatic N) is 1. The minimum absolute atomic E-state index is 0.473. The van der Waals surface area contributed by atoms with Crippen LogP contribution < -0.4 is 5.32 Å². The van der Waals surface area contributed by atoms with Crippen LogP contribution in [0.15, 0.2) is 0 Å². The van der Waals surface area contributed by atoms with E-state index >= 15 is 0 Å². The van der Waals surface area contributed by atoms with E-state index in [2.05, 4.69) is 17.3 Å².